The first-order valence-corrected chi connectivity index (χ1v) is 5.83. The highest BCUT2D eigenvalue weighted by Gasteiger charge is 2.31. The summed E-state index contributed by atoms with van der Waals surface area (Å²) in [5, 5.41) is 15.7. The third-order valence-corrected chi connectivity index (χ3v) is 3.08. The van der Waals surface area contributed by atoms with E-state index in [9.17, 15) is 18.0 Å². The molecule has 3 aromatic rings. The van der Waals surface area contributed by atoms with Crippen LogP contribution in [0, 0.1) is 0 Å². The van der Waals surface area contributed by atoms with Crippen LogP contribution in [0.1, 0.15) is 16.1 Å². The SMILES string of the molecule is O=C(O)c1cc(-c2n[nH]c3ccc(C(F)(F)F)cc23)c[nH]1. The normalized spacial score (nSPS) is 12.0. The van der Waals surface area contributed by atoms with Crippen molar-refractivity contribution in [3.05, 3.63) is 41.7 Å². The number of benzene rings is 1. The van der Waals surface area contributed by atoms with E-state index in [2.05, 4.69) is 15.2 Å². The molecule has 3 N–H and O–H groups in total. The maximum atomic E-state index is 12.8. The minimum absolute atomic E-state index is 0.0619. The fourth-order valence-corrected chi connectivity index (χ4v) is 2.06. The number of halogens is 3. The second-order valence-corrected chi connectivity index (χ2v) is 4.44. The Labute approximate surface area is 115 Å². The van der Waals surface area contributed by atoms with E-state index in [-0.39, 0.29) is 16.8 Å². The average molecular weight is 295 g/mol. The number of carbonyl (C=O) groups is 1. The van der Waals surface area contributed by atoms with Crippen molar-refractivity contribution in [1.29, 1.82) is 0 Å². The average Bonchev–Trinajstić information content (AvgIpc) is 3.03. The minimum Gasteiger partial charge on any atom is -0.477 e. The van der Waals surface area contributed by atoms with Gasteiger partial charge in [-0.05, 0) is 24.3 Å². The zero-order valence-electron chi connectivity index (χ0n) is 10.3. The number of nitrogens with zero attached hydrogens (tertiary/aromatic N) is 1. The highest BCUT2D eigenvalue weighted by molar-refractivity contribution is 5.95. The van der Waals surface area contributed by atoms with E-state index in [1.807, 2.05) is 0 Å². The molecule has 0 unspecified atom stereocenters. The summed E-state index contributed by atoms with van der Waals surface area (Å²) < 4.78 is 38.3. The first kappa shape index (κ1) is 13.2. The van der Waals surface area contributed by atoms with Gasteiger partial charge >= 0.3 is 12.1 Å². The van der Waals surface area contributed by atoms with Gasteiger partial charge in [-0.3, -0.25) is 5.10 Å². The van der Waals surface area contributed by atoms with Crippen molar-refractivity contribution in [2.24, 2.45) is 0 Å². The molecule has 0 saturated heterocycles. The van der Waals surface area contributed by atoms with Crippen molar-refractivity contribution >= 4 is 16.9 Å². The maximum Gasteiger partial charge on any atom is 0.416 e. The van der Waals surface area contributed by atoms with E-state index >= 15 is 0 Å². The lowest BCUT2D eigenvalue weighted by molar-refractivity contribution is -0.137. The van der Waals surface area contributed by atoms with Crippen molar-refractivity contribution in [1.82, 2.24) is 15.2 Å². The number of rotatable bonds is 2. The molecule has 108 valence electrons. The Balaban J connectivity index is 2.16. The fraction of sp³-hybridized carbons (Fsp3) is 0.0769. The fourth-order valence-electron chi connectivity index (χ4n) is 2.06. The van der Waals surface area contributed by atoms with Crippen LogP contribution in [-0.4, -0.2) is 26.3 Å². The molecule has 0 radical (unpaired) electrons. The molecule has 2 heterocycles. The molecule has 2 aromatic heterocycles. The molecule has 0 aliphatic rings. The van der Waals surface area contributed by atoms with Gasteiger partial charge in [-0.1, -0.05) is 0 Å². The summed E-state index contributed by atoms with van der Waals surface area (Å²) in [7, 11) is 0. The number of carboxylic acids is 1. The Morgan fingerprint density at radius 1 is 1.24 bits per heavy atom. The Hall–Kier alpha value is -2.77. The topological polar surface area (TPSA) is 81.8 Å². The number of aromatic nitrogens is 3. The van der Waals surface area contributed by atoms with Crippen molar-refractivity contribution in [3.8, 4) is 11.3 Å². The summed E-state index contributed by atoms with van der Waals surface area (Å²) >= 11 is 0. The first-order chi connectivity index (χ1) is 9.86. The molecule has 0 aliphatic heterocycles. The van der Waals surface area contributed by atoms with Gasteiger partial charge in [0, 0.05) is 17.1 Å². The van der Waals surface area contributed by atoms with Gasteiger partial charge in [0.1, 0.15) is 11.4 Å². The van der Waals surface area contributed by atoms with Crippen LogP contribution in [0.25, 0.3) is 22.2 Å². The molecule has 0 aliphatic carbocycles. The summed E-state index contributed by atoms with van der Waals surface area (Å²) in [6.45, 7) is 0. The lowest BCUT2D eigenvalue weighted by Gasteiger charge is -2.06. The molecular weight excluding hydrogens is 287 g/mol. The van der Waals surface area contributed by atoms with E-state index in [0.29, 0.717) is 11.1 Å². The molecule has 0 atom stereocenters. The number of H-pyrrole nitrogens is 2. The van der Waals surface area contributed by atoms with E-state index in [1.54, 1.807) is 0 Å². The van der Waals surface area contributed by atoms with Crippen LogP contribution in [-0.2, 0) is 6.18 Å². The van der Waals surface area contributed by atoms with Gasteiger partial charge in [0.15, 0.2) is 0 Å². The van der Waals surface area contributed by atoms with Crippen molar-refractivity contribution in [3.63, 3.8) is 0 Å². The summed E-state index contributed by atoms with van der Waals surface area (Å²) in [5.74, 6) is -1.16. The molecule has 5 nitrogen and oxygen atoms in total. The van der Waals surface area contributed by atoms with Crippen LogP contribution in [0.15, 0.2) is 30.5 Å². The Morgan fingerprint density at radius 2 is 2.00 bits per heavy atom. The summed E-state index contributed by atoms with van der Waals surface area (Å²) in [6, 6.07) is 4.56. The Morgan fingerprint density at radius 3 is 2.62 bits per heavy atom. The van der Waals surface area contributed by atoms with Crippen LogP contribution in [0.5, 0.6) is 0 Å². The van der Waals surface area contributed by atoms with Gasteiger partial charge in [0.25, 0.3) is 0 Å². The highest BCUT2D eigenvalue weighted by Crippen LogP contribution is 2.34. The van der Waals surface area contributed by atoms with Crippen molar-refractivity contribution in [2.75, 3.05) is 0 Å². The van der Waals surface area contributed by atoms with Crippen LogP contribution in [0.2, 0.25) is 0 Å². The zero-order chi connectivity index (χ0) is 15.2. The van der Waals surface area contributed by atoms with Crippen LogP contribution in [0.3, 0.4) is 0 Å². The monoisotopic (exact) mass is 295 g/mol. The second-order valence-electron chi connectivity index (χ2n) is 4.44. The highest BCUT2D eigenvalue weighted by atomic mass is 19.4. The summed E-state index contributed by atoms with van der Waals surface area (Å²) in [4.78, 5) is 13.4. The molecule has 1 aromatic carbocycles. The number of hydrogen-bond acceptors (Lipinski definition) is 2. The number of aromatic carboxylic acids is 1. The molecular formula is C13H8F3N3O2. The quantitative estimate of drug-likeness (QED) is 0.678. The zero-order valence-corrected chi connectivity index (χ0v) is 10.3. The molecule has 0 bridgehead atoms. The van der Waals surface area contributed by atoms with Crippen molar-refractivity contribution in [2.45, 2.75) is 6.18 Å². The van der Waals surface area contributed by atoms with Gasteiger partial charge in [-0.2, -0.15) is 18.3 Å². The molecule has 8 heteroatoms. The maximum absolute atomic E-state index is 12.8. The van der Waals surface area contributed by atoms with Crippen molar-refractivity contribution < 1.29 is 23.1 Å². The van der Waals surface area contributed by atoms with Crippen LogP contribution in [0.4, 0.5) is 13.2 Å². The lowest BCUT2D eigenvalue weighted by atomic mass is 10.1. The largest absolute Gasteiger partial charge is 0.477 e. The third-order valence-electron chi connectivity index (χ3n) is 3.08. The number of carboxylic acid groups (broad SMARTS) is 1. The number of alkyl halides is 3. The standard InChI is InChI=1S/C13H8F3N3O2/c14-13(15,16)7-1-2-9-8(4-7)11(19-18-9)6-3-10(12(20)21)17-5-6/h1-5,17H,(H,18,19)(H,20,21). The Kier molecular flexibility index (Phi) is 2.75. The van der Waals surface area contributed by atoms with Crippen LogP contribution < -0.4 is 0 Å². The predicted octanol–water partition coefficient (Wildman–Crippen LogP) is 3.28. The van der Waals surface area contributed by atoms with Gasteiger partial charge < -0.3 is 10.1 Å². The predicted molar refractivity (Wildman–Crippen MR) is 67.8 cm³/mol. The third kappa shape index (κ3) is 2.24. The molecule has 0 amide bonds. The van der Waals surface area contributed by atoms with E-state index in [1.165, 1.54) is 18.3 Å². The van der Waals surface area contributed by atoms with Crippen LogP contribution >= 0.6 is 0 Å². The summed E-state index contributed by atoms with van der Waals surface area (Å²) in [6.07, 6.45) is -3.06. The molecule has 0 saturated carbocycles. The Bertz CT molecular complexity index is 833. The first-order valence-electron chi connectivity index (χ1n) is 5.83. The number of hydrogen-bond donors (Lipinski definition) is 3. The molecule has 0 fully saturated rings. The van der Waals surface area contributed by atoms with Gasteiger partial charge in [-0.25, -0.2) is 4.79 Å². The minimum atomic E-state index is -4.45. The van der Waals surface area contributed by atoms with E-state index in [0.717, 1.165) is 12.1 Å². The summed E-state index contributed by atoms with van der Waals surface area (Å²) in [5.41, 5.74) is 0.258. The number of nitrogens with one attached hydrogen (secondary N) is 2. The van der Waals surface area contributed by atoms with E-state index < -0.39 is 17.7 Å². The smallest absolute Gasteiger partial charge is 0.416 e. The number of fused-ring (bicyclic) bond motifs is 1. The number of aromatic amines is 2. The van der Waals surface area contributed by atoms with Gasteiger partial charge in [0.2, 0.25) is 0 Å². The van der Waals surface area contributed by atoms with Gasteiger partial charge in [0.05, 0.1) is 11.1 Å². The molecule has 0 spiro atoms. The van der Waals surface area contributed by atoms with Gasteiger partial charge in [-0.15, -0.1) is 0 Å². The second kappa shape index (κ2) is 4.37. The molecule has 21 heavy (non-hydrogen) atoms. The molecule has 3 rings (SSSR count). The lowest BCUT2D eigenvalue weighted by Crippen LogP contribution is -2.04. The van der Waals surface area contributed by atoms with E-state index in [4.69, 9.17) is 5.11 Å².